The van der Waals surface area contributed by atoms with E-state index in [2.05, 4.69) is 20.8 Å². The minimum Gasteiger partial charge on any atom is -0.406 e. The van der Waals surface area contributed by atoms with Crippen molar-refractivity contribution in [3.63, 3.8) is 0 Å². The predicted octanol–water partition coefficient (Wildman–Crippen LogP) is 5.45. The van der Waals surface area contributed by atoms with Crippen molar-refractivity contribution in [3.8, 4) is 28.8 Å². The van der Waals surface area contributed by atoms with Gasteiger partial charge in [0.1, 0.15) is 23.1 Å². The number of aromatic nitrogens is 2. The highest BCUT2D eigenvalue weighted by molar-refractivity contribution is 5.64. The highest BCUT2D eigenvalue weighted by Crippen LogP contribution is 2.30. The van der Waals surface area contributed by atoms with Crippen molar-refractivity contribution in [1.29, 1.82) is 5.26 Å². The smallest absolute Gasteiger partial charge is 0.406 e. The fourth-order valence-electron chi connectivity index (χ4n) is 3.83. The van der Waals surface area contributed by atoms with E-state index in [-0.39, 0.29) is 17.2 Å². The molecule has 0 saturated carbocycles. The standard InChI is InChI=1S/C23H19F5N4O/c24-17-1-6-20(21(25)11-17)22-16(13-31-9-7-15(12-29)8-10-31)14-32(30-22)18-2-4-19(5-3-18)33-23(26,27)28/h1-6,11,14-15H,7-10,13H2. The first-order valence-corrected chi connectivity index (χ1v) is 10.2. The third-order valence-electron chi connectivity index (χ3n) is 5.48. The van der Waals surface area contributed by atoms with Crippen LogP contribution in [0.1, 0.15) is 18.4 Å². The molecule has 1 aromatic heterocycles. The van der Waals surface area contributed by atoms with Gasteiger partial charge in [0.05, 0.1) is 11.8 Å². The molecule has 0 bridgehead atoms. The lowest BCUT2D eigenvalue weighted by Crippen LogP contribution is -2.32. The molecule has 4 rings (SSSR count). The molecule has 33 heavy (non-hydrogen) atoms. The van der Waals surface area contributed by atoms with Crippen LogP contribution in [0.3, 0.4) is 0 Å². The average Bonchev–Trinajstić information content (AvgIpc) is 3.17. The summed E-state index contributed by atoms with van der Waals surface area (Å²) >= 11 is 0. The van der Waals surface area contributed by atoms with Gasteiger partial charge in [-0.3, -0.25) is 4.90 Å². The van der Waals surface area contributed by atoms with Gasteiger partial charge in [0, 0.05) is 35.9 Å². The lowest BCUT2D eigenvalue weighted by molar-refractivity contribution is -0.274. The molecule has 0 spiro atoms. The van der Waals surface area contributed by atoms with E-state index < -0.39 is 18.0 Å². The van der Waals surface area contributed by atoms with Crippen LogP contribution in [0, 0.1) is 28.9 Å². The van der Waals surface area contributed by atoms with Crippen LogP contribution in [-0.2, 0) is 6.54 Å². The van der Waals surface area contributed by atoms with Gasteiger partial charge in [-0.25, -0.2) is 13.5 Å². The fraction of sp³-hybridized carbons (Fsp3) is 0.304. The minimum atomic E-state index is -4.80. The maximum Gasteiger partial charge on any atom is 0.573 e. The summed E-state index contributed by atoms with van der Waals surface area (Å²) in [5, 5.41) is 13.6. The van der Waals surface area contributed by atoms with Gasteiger partial charge in [-0.15, -0.1) is 13.2 Å². The topological polar surface area (TPSA) is 54.1 Å². The zero-order valence-electron chi connectivity index (χ0n) is 17.3. The largest absolute Gasteiger partial charge is 0.573 e. The van der Waals surface area contributed by atoms with E-state index in [0.29, 0.717) is 36.6 Å². The summed E-state index contributed by atoms with van der Waals surface area (Å²) in [6, 6.07) is 10.6. The van der Waals surface area contributed by atoms with Crippen molar-refractivity contribution in [2.75, 3.05) is 13.1 Å². The zero-order chi connectivity index (χ0) is 23.6. The number of piperidine rings is 1. The van der Waals surface area contributed by atoms with E-state index in [4.69, 9.17) is 5.26 Å². The van der Waals surface area contributed by atoms with Crippen LogP contribution in [-0.4, -0.2) is 34.1 Å². The van der Waals surface area contributed by atoms with Crippen LogP contribution >= 0.6 is 0 Å². The molecule has 0 atom stereocenters. The van der Waals surface area contributed by atoms with Crippen LogP contribution in [0.25, 0.3) is 16.9 Å². The molecule has 10 heteroatoms. The molecule has 0 aliphatic carbocycles. The molecule has 5 nitrogen and oxygen atoms in total. The van der Waals surface area contributed by atoms with Crippen molar-refractivity contribution in [3.05, 3.63) is 65.9 Å². The SMILES string of the molecule is N#CC1CCN(Cc2cn(-c3ccc(OC(F)(F)F)cc3)nc2-c2ccc(F)cc2F)CC1. The number of benzene rings is 2. The number of hydrogen-bond acceptors (Lipinski definition) is 4. The maximum atomic E-state index is 14.6. The lowest BCUT2D eigenvalue weighted by atomic mass is 9.98. The Kier molecular flexibility index (Phi) is 6.33. The molecule has 0 N–H and O–H groups in total. The van der Waals surface area contributed by atoms with Gasteiger partial charge in [-0.2, -0.15) is 10.4 Å². The van der Waals surface area contributed by atoms with E-state index >= 15 is 0 Å². The first-order valence-electron chi connectivity index (χ1n) is 10.2. The van der Waals surface area contributed by atoms with Crippen LogP contribution < -0.4 is 4.74 Å². The second kappa shape index (κ2) is 9.19. The summed E-state index contributed by atoms with van der Waals surface area (Å²) in [5.41, 5.74) is 1.55. The van der Waals surface area contributed by atoms with Gasteiger partial charge in [0.15, 0.2) is 0 Å². The fourth-order valence-corrected chi connectivity index (χ4v) is 3.83. The summed E-state index contributed by atoms with van der Waals surface area (Å²) in [4.78, 5) is 2.13. The molecule has 0 radical (unpaired) electrons. The van der Waals surface area contributed by atoms with Crippen LogP contribution in [0.5, 0.6) is 5.75 Å². The van der Waals surface area contributed by atoms with Crippen molar-refractivity contribution >= 4 is 0 Å². The lowest BCUT2D eigenvalue weighted by Gasteiger charge is -2.28. The number of rotatable bonds is 5. The van der Waals surface area contributed by atoms with Gasteiger partial charge < -0.3 is 4.74 Å². The van der Waals surface area contributed by atoms with Gasteiger partial charge in [0.25, 0.3) is 0 Å². The van der Waals surface area contributed by atoms with Gasteiger partial charge in [-0.05, 0) is 62.3 Å². The van der Waals surface area contributed by atoms with E-state index in [1.807, 2.05) is 0 Å². The average molecular weight is 462 g/mol. The first-order chi connectivity index (χ1) is 15.7. The van der Waals surface area contributed by atoms with Crippen LogP contribution in [0.15, 0.2) is 48.7 Å². The molecule has 1 fully saturated rings. The Labute approximate surface area is 186 Å². The Hall–Kier alpha value is -3.45. The van der Waals surface area contributed by atoms with Crippen molar-refractivity contribution < 1.29 is 26.7 Å². The number of halogens is 5. The summed E-state index contributed by atoms with van der Waals surface area (Å²) in [5.74, 6) is -1.84. The van der Waals surface area contributed by atoms with Crippen molar-refractivity contribution in [2.45, 2.75) is 25.7 Å². The molecule has 1 saturated heterocycles. The highest BCUT2D eigenvalue weighted by Gasteiger charge is 2.31. The monoisotopic (exact) mass is 462 g/mol. The third-order valence-corrected chi connectivity index (χ3v) is 5.48. The molecule has 2 aromatic carbocycles. The molecule has 1 aliphatic rings. The number of nitriles is 1. The van der Waals surface area contributed by atoms with Crippen molar-refractivity contribution in [2.24, 2.45) is 5.92 Å². The third kappa shape index (κ3) is 5.49. The summed E-state index contributed by atoms with van der Waals surface area (Å²) in [6.07, 6.45) is -1.67. The van der Waals surface area contributed by atoms with Gasteiger partial charge in [-0.1, -0.05) is 0 Å². The summed E-state index contributed by atoms with van der Waals surface area (Å²) < 4.78 is 70.6. The predicted molar refractivity (Wildman–Crippen MR) is 109 cm³/mol. The first kappa shape index (κ1) is 22.7. The van der Waals surface area contributed by atoms with Crippen LogP contribution in [0.2, 0.25) is 0 Å². The molecule has 3 aromatic rings. The Balaban J connectivity index is 1.65. The molecule has 0 amide bonds. The number of alkyl halides is 3. The zero-order valence-corrected chi connectivity index (χ0v) is 17.3. The van der Waals surface area contributed by atoms with Crippen molar-refractivity contribution in [1.82, 2.24) is 14.7 Å². The van der Waals surface area contributed by atoms with Crippen LogP contribution in [0.4, 0.5) is 22.0 Å². The van der Waals surface area contributed by atoms with E-state index in [9.17, 15) is 22.0 Å². The number of nitrogens with zero attached hydrogens (tertiary/aromatic N) is 4. The second-order valence-electron chi connectivity index (χ2n) is 7.79. The van der Waals surface area contributed by atoms with E-state index in [0.717, 1.165) is 37.1 Å². The minimum absolute atomic E-state index is 0.00965. The molecule has 0 unspecified atom stereocenters. The van der Waals surface area contributed by atoms with E-state index in [1.54, 1.807) is 6.20 Å². The quantitative estimate of drug-likeness (QED) is 0.473. The van der Waals surface area contributed by atoms with E-state index in [1.165, 1.54) is 22.9 Å². The Bertz CT molecular complexity index is 1160. The summed E-state index contributed by atoms with van der Waals surface area (Å²) in [7, 11) is 0. The number of likely N-dealkylation sites (tertiary alicyclic amines) is 1. The molecule has 172 valence electrons. The highest BCUT2D eigenvalue weighted by atomic mass is 19.4. The Morgan fingerprint density at radius 2 is 1.76 bits per heavy atom. The molecular formula is C23H19F5N4O. The summed E-state index contributed by atoms with van der Waals surface area (Å²) in [6.45, 7) is 1.82. The molecule has 2 heterocycles. The van der Waals surface area contributed by atoms with Gasteiger partial charge >= 0.3 is 6.36 Å². The molecule has 1 aliphatic heterocycles. The van der Waals surface area contributed by atoms with Gasteiger partial charge in [0.2, 0.25) is 0 Å². The Morgan fingerprint density at radius 1 is 1.06 bits per heavy atom. The second-order valence-corrected chi connectivity index (χ2v) is 7.79. The normalized spacial score (nSPS) is 15.4. The Morgan fingerprint density at radius 3 is 2.36 bits per heavy atom. The number of ether oxygens (including phenoxy) is 1. The molecular weight excluding hydrogens is 443 g/mol. The maximum absolute atomic E-state index is 14.6. The number of hydrogen-bond donors (Lipinski definition) is 0.